The number of aromatic nitrogens is 2. The number of nitrogens with zero attached hydrogens (tertiary/aromatic N) is 2. The summed E-state index contributed by atoms with van der Waals surface area (Å²) in [6.45, 7) is -0.163. The van der Waals surface area contributed by atoms with Crippen molar-refractivity contribution in [3.63, 3.8) is 0 Å². The topological polar surface area (TPSA) is 75.1 Å². The van der Waals surface area contributed by atoms with Gasteiger partial charge in [-0.3, -0.25) is 9.78 Å². The van der Waals surface area contributed by atoms with Crippen molar-refractivity contribution in [1.29, 1.82) is 0 Å². The maximum atomic E-state index is 12.2. The summed E-state index contributed by atoms with van der Waals surface area (Å²) >= 11 is 0. The summed E-state index contributed by atoms with van der Waals surface area (Å²) in [4.78, 5) is 20.5. The van der Waals surface area contributed by atoms with Crippen molar-refractivity contribution in [2.24, 2.45) is 0 Å². The molecule has 0 atom stereocenters. The minimum absolute atomic E-state index is 0.163. The van der Waals surface area contributed by atoms with Gasteiger partial charge < -0.3 is 10.4 Å². The molecule has 1 aromatic carbocycles. The average molecular weight is 279 g/mol. The molecule has 3 aromatic rings. The Morgan fingerprint density at radius 2 is 2.00 bits per heavy atom. The lowest BCUT2D eigenvalue weighted by Crippen LogP contribution is -2.15. The Kier molecular flexibility index (Phi) is 3.57. The number of hydrogen-bond acceptors (Lipinski definition) is 4. The Bertz CT molecular complexity index is 802. The SMILES string of the molecule is O=C(Nc1cnccc1CO)c1ccc2ccccc2n1. The minimum atomic E-state index is -0.330. The number of benzene rings is 1. The first kappa shape index (κ1) is 13.2. The Morgan fingerprint density at radius 3 is 2.86 bits per heavy atom. The van der Waals surface area contributed by atoms with Gasteiger partial charge in [-0.1, -0.05) is 24.3 Å². The fourth-order valence-corrected chi connectivity index (χ4v) is 2.05. The second-order valence-corrected chi connectivity index (χ2v) is 4.53. The predicted octanol–water partition coefficient (Wildman–Crippen LogP) is 2.37. The zero-order valence-electron chi connectivity index (χ0n) is 11.2. The molecule has 2 heterocycles. The van der Waals surface area contributed by atoms with Gasteiger partial charge in [-0.15, -0.1) is 0 Å². The van der Waals surface area contributed by atoms with Crippen LogP contribution in [0.5, 0.6) is 0 Å². The average Bonchev–Trinajstić information content (AvgIpc) is 2.55. The second-order valence-electron chi connectivity index (χ2n) is 4.53. The highest BCUT2D eigenvalue weighted by Gasteiger charge is 2.10. The van der Waals surface area contributed by atoms with Crippen LogP contribution in [0.2, 0.25) is 0 Å². The molecule has 21 heavy (non-hydrogen) atoms. The van der Waals surface area contributed by atoms with Crippen LogP contribution in [-0.4, -0.2) is 21.0 Å². The number of carbonyl (C=O) groups is 1. The van der Waals surface area contributed by atoms with Crippen LogP contribution in [0.4, 0.5) is 5.69 Å². The van der Waals surface area contributed by atoms with E-state index in [-0.39, 0.29) is 12.5 Å². The van der Waals surface area contributed by atoms with E-state index in [9.17, 15) is 9.90 Å². The number of amides is 1. The van der Waals surface area contributed by atoms with Gasteiger partial charge in [0.2, 0.25) is 0 Å². The Balaban J connectivity index is 1.90. The molecule has 0 spiro atoms. The number of hydrogen-bond donors (Lipinski definition) is 2. The molecule has 0 bridgehead atoms. The summed E-state index contributed by atoms with van der Waals surface area (Å²) < 4.78 is 0. The van der Waals surface area contributed by atoms with Gasteiger partial charge in [0.05, 0.1) is 24.0 Å². The molecule has 0 aliphatic carbocycles. The van der Waals surface area contributed by atoms with Crippen LogP contribution in [0, 0.1) is 0 Å². The molecule has 1 amide bonds. The maximum Gasteiger partial charge on any atom is 0.274 e. The van der Waals surface area contributed by atoms with Crippen molar-refractivity contribution in [1.82, 2.24) is 9.97 Å². The molecule has 0 radical (unpaired) electrons. The molecule has 0 aliphatic rings. The molecule has 5 heteroatoms. The summed E-state index contributed by atoms with van der Waals surface area (Å²) in [6.07, 6.45) is 3.07. The molecule has 0 aliphatic heterocycles. The van der Waals surface area contributed by atoms with E-state index in [1.807, 2.05) is 30.3 Å². The smallest absolute Gasteiger partial charge is 0.274 e. The van der Waals surface area contributed by atoms with Crippen LogP contribution in [0.25, 0.3) is 10.9 Å². The van der Waals surface area contributed by atoms with Crippen molar-refractivity contribution >= 4 is 22.5 Å². The molecule has 3 rings (SSSR count). The molecular weight excluding hydrogens is 266 g/mol. The molecule has 2 N–H and O–H groups in total. The Labute approximate surface area is 121 Å². The summed E-state index contributed by atoms with van der Waals surface area (Å²) in [7, 11) is 0. The molecule has 104 valence electrons. The minimum Gasteiger partial charge on any atom is -0.392 e. The molecule has 0 saturated carbocycles. The van der Waals surface area contributed by atoms with Crippen LogP contribution in [0.15, 0.2) is 54.9 Å². The number of carbonyl (C=O) groups excluding carboxylic acids is 1. The third-order valence-electron chi connectivity index (χ3n) is 3.16. The van der Waals surface area contributed by atoms with Gasteiger partial charge in [0.25, 0.3) is 5.91 Å². The summed E-state index contributed by atoms with van der Waals surface area (Å²) in [5.41, 5.74) is 2.18. The molecule has 2 aromatic heterocycles. The molecule has 0 fully saturated rings. The normalized spacial score (nSPS) is 10.5. The van der Waals surface area contributed by atoms with Crippen LogP contribution < -0.4 is 5.32 Å². The zero-order chi connectivity index (χ0) is 14.7. The van der Waals surface area contributed by atoms with Gasteiger partial charge >= 0.3 is 0 Å². The fraction of sp³-hybridized carbons (Fsp3) is 0.0625. The first-order chi connectivity index (χ1) is 10.3. The second kappa shape index (κ2) is 5.68. The van der Waals surface area contributed by atoms with E-state index in [4.69, 9.17) is 0 Å². The summed E-state index contributed by atoms with van der Waals surface area (Å²) in [6, 6.07) is 12.8. The van der Waals surface area contributed by atoms with Crippen molar-refractivity contribution in [3.8, 4) is 0 Å². The van der Waals surface area contributed by atoms with E-state index in [1.54, 1.807) is 18.3 Å². The molecule has 5 nitrogen and oxygen atoms in total. The van der Waals surface area contributed by atoms with E-state index in [1.165, 1.54) is 6.20 Å². The number of aliphatic hydroxyl groups is 1. The van der Waals surface area contributed by atoms with Gasteiger partial charge in [0, 0.05) is 17.1 Å². The van der Waals surface area contributed by atoms with E-state index >= 15 is 0 Å². The van der Waals surface area contributed by atoms with Gasteiger partial charge in [-0.25, -0.2) is 4.98 Å². The van der Waals surface area contributed by atoms with E-state index in [0.29, 0.717) is 16.9 Å². The maximum absolute atomic E-state index is 12.2. The van der Waals surface area contributed by atoms with Crippen molar-refractivity contribution in [2.75, 3.05) is 5.32 Å². The highest BCUT2D eigenvalue weighted by Crippen LogP contribution is 2.16. The predicted molar refractivity (Wildman–Crippen MR) is 79.9 cm³/mol. The number of aliphatic hydroxyl groups excluding tert-OH is 1. The number of fused-ring (bicyclic) bond motifs is 1. The van der Waals surface area contributed by atoms with E-state index in [2.05, 4.69) is 15.3 Å². The lowest BCUT2D eigenvalue weighted by atomic mass is 10.2. The monoisotopic (exact) mass is 279 g/mol. The first-order valence-corrected chi connectivity index (χ1v) is 6.49. The van der Waals surface area contributed by atoms with Crippen LogP contribution in [-0.2, 0) is 6.61 Å². The van der Waals surface area contributed by atoms with Crippen LogP contribution >= 0.6 is 0 Å². The molecule has 0 saturated heterocycles. The van der Waals surface area contributed by atoms with Crippen molar-refractivity contribution < 1.29 is 9.90 Å². The number of pyridine rings is 2. The molecular formula is C16H13N3O2. The van der Waals surface area contributed by atoms with Gasteiger partial charge in [0.1, 0.15) is 5.69 Å². The lowest BCUT2D eigenvalue weighted by molar-refractivity contribution is 0.102. The third kappa shape index (κ3) is 2.73. The van der Waals surface area contributed by atoms with Crippen molar-refractivity contribution in [3.05, 3.63) is 66.1 Å². The largest absolute Gasteiger partial charge is 0.392 e. The Morgan fingerprint density at radius 1 is 1.14 bits per heavy atom. The van der Waals surface area contributed by atoms with Crippen LogP contribution in [0.1, 0.15) is 16.1 Å². The standard InChI is InChI=1S/C16H13N3O2/c20-10-12-7-8-17-9-15(12)19-16(21)14-6-5-11-3-1-2-4-13(11)18-14/h1-9,20H,10H2,(H,19,21). The first-order valence-electron chi connectivity index (χ1n) is 6.49. The number of anilines is 1. The van der Waals surface area contributed by atoms with E-state index in [0.717, 1.165) is 10.9 Å². The van der Waals surface area contributed by atoms with Gasteiger partial charge in [-0.2, -0.15) is 0 Å². The quantitative estimate of drug-likeness (QED) is 0.772. The number of para-hydroxylation sites is 1. The van der Waals surface area contributed by atoms with Gasteiger partial charge in [-0.05, 0) is 18.2 Å². The Hall–Kier alpha value is -2.79. The summed E-state index contributed by atoms with van der Waals surface area (Å²) in [5.74, 6) is -0.330. The third-order valence-corrected chi connectivity index (χ3v) is 3.16. The number of rotatable bonds is 3. The molecule has 0 unspecified atom stereocenters. The lowest BCUT2D eigenvalue weighted by Gasteiger charge is -2.08. The fourth-order valence-electron chi connectivity index (χ4n) is 2.05. The zero-order valence-corrected chi connectivity index (χ0v) is 11.2. The van der Waals surface area contributed by atoms with Crippen LogP contribution in [0.3, 0.4) is 0 Å². The summed E-state index contributed by atoms with van der Waals surface area (Å²) in [5, 5.41) is 12.9. The number of nitrogens with one attached hydrogen (secondary N) is 1. The highest BCUT2D eigenvalue weighted by molar-refractivity contribution is 6.04. The van der Waals surface area contributed by atoms with Gasteiger partial charge in [0.15, 0.2) is 0 Å². The van der Waals surface area contributed by atoms with E-state index < -0.39 is 0 Å². The highest BCUT2D eigenvalue weighted by atomic mass is 16.3. The van der Waals surface area contributed by atoms with Crippen molar-refractivity contribution in [2.45, 2.75) is 6.61 Å².